The van der Waals surface area contributed by atoms with E-state index in [1.54, 1.807) is 17.5 Å². The minimum absolute atomic E-state index is 0.223. The van der Waals surface area contributed by atoms with Crippen molar-refractivity contribution in [2.24, 2.45) is 17.1 Å². The fraction of sp³-hybridized carbons (Fsp3) is 0.714. The molecule has 0 saturated carbocycles. The van der Waals surface area contributed by atoms with Crippen molar-refractivity contribution < 1.29 is 4.79 Å². The lowest BCUT2D eigenvalue weighted by Gasteiger charge is -2.30. The van der Waals surface area contributed by atoms with Crippen molar-refractivity contribution in [3.8, 4) is 0 Å². The van der Waals surface area contributed by atoms with Gasteiger partial charge in [0.1, 0.15) is 5.78 Å². The first kappa shape index (κ1) is 15.3. The molecule has 0 aliphatic carbocycles. The van der Waals surface area contributed by atoms with Gasteiger partial charge in [0.25, 0.3) is 0 Å². The second-order valence-corrected chi connectivity index (χ2v) is 6.80. The first-order valence-corrected chi connectivity index (χ1v) is 7.41. The molecule has 0 amide bonds. The number of carbonyl (C=O) groups is 1. The molecule has 0 spiro atoms. The lowest BCUT2D eigenvalue weighted by Crippen LogP contribution is -2.24. The van der Waals surface area contributed by atoms with Crippen LogP contribution in [-0.4, -0.2) is 17.3 Å². The van der Waals surface area contributed by atoms with Crippen molar-refractivity contribution in [3.63, 3.8) is 0 Å². The standard InChI is InChI=1S/C14H24N2OS/c1-14(2,3)11(6-7-15)4-5-12(17)10-13-16-8-9-18-13/h8-9,11H,4-7,10,15H2,1-3H3. The maximum atomic E-state index is 11.9. The summed E-state index contributed by atoms with van der Waals surface area (Å²) < 4.78 is 0. The lowest BCUT2D eigenvalue weighted by atomic mass is 9.76. The number of hydrogen-bond acceptors (Lipinski definition) is 4. The number of carbonyl (C=O) groups excluding carboxylic acids is 1. The summed E-state index contributed by atoms with van der Waals surface area (Å²) in [5.74, 6) is 0.805. The summed E-state index contributed by atoms with van der Waals surface area (Å²) in [5, 5.41) is 2.83. The van der Waals surface area contributed by atoms with Gasteiger partial charge in [-0.3, -0.25) is 4.79 Å². The van der Waals surface area contributed by atoms with Crippen LogP contribution in [-0.2, 0) is 11.2 Å². The van der Waals surface area contributed by atoms with Crippen molar-refractivity contribution in [1.82, 2.24) is 4.98 Å². The van der Waals surface area contributed by atoms with E-state index >= 15 is 0 Å². The van der Waals surface area contributed by atoms with Crippen LogP contribution >= 0.6 is 11.3 Å². The number of hydrogen-bond donors (Lipinski definition) is 1. The molecular weight excluding hydrogens is 244 g/mol. The van der Waals surface area contributed by atoms with Crippen molar-refractivity contribution in [3.05, 3.63) is 16.6 Å². The third kappa shape index (κ3) is 5.27. The molecule has 1 rings (SSSR count). The highest BCUT2D eigenvalue weighted by molar-refractivity contribution is 7.09. The molecule has 0 saturated heterocycles. The van der Waals surface area contributed by atoms with Crippen molar-refractivity contribution in [2.45, 2.75) is 46.5 Å². The van der Waals surface area contributed by atoms with Gasteiger partial charge in [-0.05, 0) is 30.7 Å². The molecular formula is C14H24N2OS. The van der Waals surface area contributed by atoms with Crippen LogP contribution in [0.5, 0.6) is 0 Å². The van der Waals surface area contributed by atoms with Crippen molar-refractivity contribution >= 4 is 17.1 Å². The van der Waals surface area contributed by atoms with Gasteiger partial charge in [0.05, 0.1) is 11.4 Å². The number of ketones is 1. The Morgan fingerprint density at radius 2 is 2.17 bits per heavy atom. The van der Waals surface area contributed by atoms with E-state index in [4.69, 9.17) is 5.73 Å². The first-order chi connectivity index (χ1) is 8.43. The van der Waals surface area contributed by atoms with Gasteiger partial charge in [-0.1, -0.05) is 20.8 Å². The Bertz CT molecular complexity index is 354. The monoisotopic (exact) mass is 268 g/mol. The fourth-order valence-electron chi connectivity index (χ4n) is 2.14. The van der Waals surface area contributed by atoms with E-state index in [9.17, 15) is 4.79 Å². The minimum Gasteiger partial charge on any atom is -0.330 e. The summed E-state index contributed by atoms with van der Waals surface area (Å²) in [4.78, 5) is 16.0. The highest BCUT2D eigenvalue weighted by Crippen LogP contribution is 2.32. The van der Waals surface area contributed by atoms with Gasteiger partial charge in [0.2, 0.25) is 0 Å². The molecule has 0 bridgehead atoms. The molecule has 4 heteroatoms. The zero-order chi connectivity index (χ0) is 13.6. The second-order valence-electron chi connectivity index (χ2n) is 5.82. The zero-order valence-corrected chi connectivity index (χ0v) is 12.4. The van der Waals surface area contributed by atoms with Crippen LogP contribution in [0.2, 0.25) is 0 Å². The number of nitrogens with two attached hydrogens (primary N) is 1. The van der Waals surface area contributed by atoms with Crippen molar-refractivity contribution in [2.75, 3.05) is 6.54 Å². The molecule has 0 aromatic carbocycles. The quantitative estimate of drug-likeness (QED) is 0.827. The Labute approximate surface area is 114 Å². The van der Waals surface area contributed by atoms with Gasteiger partial charge in [-0.25, -0.2) is 4.98 Å². The number of aromatic nitrogens is 1. The highest BCUT2D eigenvalue weighted by atomic mass is 32.1. The maximum Gasteiger partial charge on any atom is 0.139 e. The van der Waals surface area contributed by atoms with Crippen LogP contribution in [0.3, 0.4) is 0 Å². The second kappa shape index (κ2) is 7.00. The fourth-order valence-corrected chi connectivity index (χ4v) is 2.79. The molecule has 3 nitrogen and oxygen atoms in total. The molecule has 1 aromatic heterocycles. The van der Waals surface area contributed by atoms with E-state index in [0.29, 0.717) is 25.3 Å². The van der Waals surface area contributed by atoms with Crippen LogP contribution in [0.25, 0.3) is 0 Å². The summed E-state index contributed by atoms with van der Waals surface area (Å²) in [5.41, 5.74) is 5.87. The number of nitrogens with zero attached hydrogens (tertiary/aromatic N) is 1. The predicted octanol–water partition coefficient (Wildman–Crippen LogP) is 3.05. The summed E-state index contributed by atoms with van der Waals surface area (Å²) in [6.07, 6.45) is 4.80. The van der Waals surface area contributed by atoms with Crippen LogP contribution in [0.1, 0.15) is 45.0 Å². The predicted molar refractivity (Wildman–Crippen MR) is 76.7 cm³/mol. The van der Waals surface area contributed by atoms with Gasteiger partial charge in [0.15, 0.2) is 0 Å². The minimum atomic E-state index is 0.223. The number of thiazole rings is 1. The number of Topliss-reactive ketones (excluding diaryl/α,β-unsaturated/α-hetero) is 1. The molecule has 102 valence electrons. The zero-order valence-electron chi connectivity index (χ0n) is 11.6. The maximum absolute atomic E-state index is 11.9. The third-order valence-corrected chi connectivity index (χ3v) is 4.12. The molecule has 1 heterocycles. The van der Waals surface area contributed by atoms with Crippen molar-refractivity contribution in [1.29, 1.82) is 0 Å². The molecule has 0 fully saturated rings. The lowest BCUT2D eigenvalue weighted by molar-refractivity contribution is -0.118. The van der Waals surface area contributed by atoms with Gasteiger partial charge < -0.3 is 5.73 Å². The highest BCUT2D eigenvalue weighted by Gasteiger charge is 2.24. The first-order valence-electron chi connectivity index (χ1n) is 6.53. The summed E-state index contributed by atoms with van der Waals surface area (Å²) in [6.45, 7) is 7.36. The molecule has 0 aliphatic heterocycles. The molecule has 1 unspecified atom stereocenters. The van der Waals surface area contributed by atoms with Crippen LogP contribution in [0.15, 0.2) is 11.6 Å². The molecule has 1 aromatic rings. The SMILES string of the molecule is CC(C)(C)C(CCN)CCC(=O)Cc1nccs1. The molecule has 1 atom stereocenters. The van der Waals surface area contributed by atoms with E-state index in [2.05, 4.69) is 25.8 Å². The van der Waals surface area contributed by atoms with E-state index < -0.39 is 0 Å². The molecule has 0 radical (unpaired) electrons. The molecule has 0 aliphatic rings. The Kier molecular flexibility index (Phi) is 5.96. The Morgan fingerprint density at radius 3 is 2.67 bits per heavy atom. The third-order valence-electron chi connectivity index (χ3n) is 3.34. The largest absolute Gasteiger partial charge is 0.330 e. The topological polar surface area (TPSA) is 56.0 Å². The number of rotatable bonds is 7. The van der Waals surface area contributed by atoms with Crippen LogP contribution < -0.4 is 5.73 Å². The average molecular weight is 268 g/mol. The van der Waals surface area contributed by atoms with Gasteiger partial charge in [0, 0.05) is 18.0 Å². The van der Waals surface area contributed by atoms with Gasteiger partial charge in [-0.2, -0.15) is 0 Å². The van der Waals surface area contributed by atoms with Crippen LogP contribution in [0, 0.1) is 11.3 Å². The summed E-state index contributed by atoms with van der Waals surface area (Å²) >= 11 is 1.55. The van der Waals surface area contributed by atoms with E-state index in [0.717, 1.165) is 17.8 Å². The Balaban J connectivity index is 2.40. The van der Waals surface area contributed by atoms with E-state index in [1.807, 2.05) is 5.38 Å². The normalized spacial score (nSPS) is 13.6. The van der Waals surface area contributed by atoms with Gasteiger partial charge >= 0.3 is 0 Å². The Hall–Kier alpha value is -0.740. The average Bonchev–Trinajstić information content (AvgIpc) is 2.75. The van der Waals surface area contributed by atoms with Crippen LogP contribution in [0.4, 0.5) is 0 Å². The van der Waals surface area contributed by atoms with Gasteiger partial charge in [-0.15, -0.1) is 11.3 Å². The van der Waals surface area contributed by atoms with E-state index in [1.165, 1.54) is 0 Å². The molecule has 2 N–H and O–H groups in total. The molecule has 18 heavy (non-hydrogen) atoms. The van der Waals surface area contributed by atoms with E-state index in [-0.39, 0.29) is 11.2 Å². The summed E-state index contributed by atoms with van der Waals surface area (Å²) in [6, 6.07) is 0. The smallest absolute Gasteiger partial charge is 0.139 e. The Morgan fingerprint density at radius 1 is 1.44 bits per heavy atom. The summed E-state index contributed by atoms with van der Waals surface area (Å²) in [7, 11) is 0.